The first kappa shape index (κ1) is 17.6. The Morgan fingerprint density at radius 3 is 2.74 bits per heavy atom. The largest absolute Gasteiger partial charge is 0.290 e. The molecule has 0 bridgehead atoms. The molecule has 3 aromatic rings. The van der Waals surface area contributed by atoms with E-state index in [2.05, 4.69) is 26.4 Å². The molecule has 0 saturated heterocycles. The summed E-state index contributed by atoms with van der Waals surface area (Å²) in [5, 5.41) is 13.2. The second kappa shape index (κ2) is 7.77. The standard InChI is InChI=1S/C20H12FN5O/c1-2-14-10-13(8-9-17(14)21)12-23-26-20-24-18(15-6-4-3-5-7-15)16(11-22)19(27)25-20/h1,3-10,12H,(H2,24,25,26,27). The Morgan fingerprint density at radius 2 is 2.04 bits per heavy atom. The van der Waals surface area contributed by atoms with Gasteiger partial charge in [-0.15, -0.1) is 6.42 Å². The Morgan fingerprint density at radius 1 is 1.26 bits per heavy atom. The SMILES string of the molecule is C#Cc1cc(C=NNc2nc(-c3ccccc3)c(C#N)c(=O)[nH]2)ccc1F. The van der Waals surface area contributed by atoms with Crippen molar-refractivity contribution >= 4 is 12.2 Å². The maximum Gasteiger partial charge on any atom is 0.270 e. The average molecular weight is 357 g/mol. The first-order chi connectivity index (χ1) is 13.1. The van der Waals surface area contributed by atoms with E-state index in [4.69, 9.17) is 6.42 Å². The molecule has 2 N–H and O–H groups in total. The predicted molar refractivity (Wildman–Crippen MR) is 101 cm³/mol. The minimum atomic E-state index is -0.583. The molecule has 3 rings (SSSR count). The minimum absolute atomic E-state index is 0.0633. The van der Waals surface area contributed by atoms with Crippen molar-refractivity contribution in [2.75, 3.05) is 5.43 Å². The van der Waals surface area contributed by atoms with Gasteiger partial charge in [0.05, 0.1) is 17.5 Å². The molecule has 0 saturated carbocycles. The zero-order valence-corrected chi connectivity index (χ0v) is 13.9. The first-order valence-electron chi connectivity index (χ1n) is 7.77. The molecule has 2 aromatic carbocycles. The number of H-pyrrole nitrogens is 1. The van der Waals surface area contributed by atoms with Crippen molar-refractivity contribution in [3.63, 3.8) is 0 Å². The highest BCUT2D eigenvalue weighted by atomic mass is 19.1. The summed E-state index contributed by atoms with van der Waals surface area (Å²) in [6.45, 7) is 0. The summed E-state index contributed by atoms with van der Waals surface area (Å²) in [4.78, 5) is 18.9. The number of benzene rings is 2. The molecule has 130 valence electrons. The normalized spacial score (nSPS) is 10.3. The van der Waals surface area contributed by atoms with Gasteiger partial charge in [0.2, 0.25) is 5.95 Å². The monoisotopic (exact) mass is 357 g/mol. The van der Waals surface area contributed by atoms with Crippen molar-refractivity contribution in [2.45, 2.75) is 0 Å². The molecule has 27 heavy (non-hydrogen) atoms. The van der Waals surface area contributed by atoms with Crippen LogP contribution in [0, 0.1) is 29.5 Å². The molecule has 6 nitrogen and oxygen atoms in total. The molecule has 0 aliphatic heterocycles. The smallest absolute Gasteiger partial charge is 0.270 e. The minimum Gasteiger partial charge on any atom is -0.290 e. The lowest BCUT2D eigenvalue weighted by Gasteiger charge is -2.06. The van der Waals surface area contributed by atoms with Crippen LogP contribution in [0.4, 0.5) is 10.3 Å². The van der Waals surface area contributed by atoms with Crippen molar-refractivity contribution in [1.29, 1.82) is 5.26 Å². The third-order valence-electron chi connectivity index (χ3n) is 3.61. The van der Waals surface area contributed by atoms with Gasteiger partial charge in [-0.05, 0) is 17.7 Å². The molecule has 7 heteroatoms. The fourth-order valence-electron chi connectivity index (χ4n) is 2.34. The van der Waals surface area contributed by atoms with E-state index in [1.165, 1.54) is 24.4 Å². The van der Waals surface area contributed by atoms with Crippen LogP contribution >= 0.6 is 0 Å². The van der Waals surface area contributed by atoms with E-state index in [0.717, 1.165) is 0 Å². The van der Waals surface area contributed by atoms with Crippen LogP contribution in [0.25, 0.3) is 11.3 Å². The molecular weight excluding hydrogens is 345 g/mol. The van der Waals surface area contributed by atoms with Crippen LogP contribution in [-0.4, -0.2) is 16.2 Å². The third kappa shape index (κ3) is 3.89. The maximum atomic E-state index is 13.4. The Bertz CT molecular complexity index is 1150. The summed E-state index contributed by atoms with van der Waals surface area (Å²) in [6.07, 6.45) is 6.63. The molecule has 0 spiro atoms. The van der Waals surface area contributed by atoms with Crippen molar-refractivity contribution in [3.8, 4) is 29.7 Å². The molecule has 1 heterocycles. The lowest BCUT2D eigenvalue weighted by molar-refractivity contribution is 0.624. The molecule has 0 aliphatic carbocycles. The van der Waals surface area contributed by atoms with Gasteiger partial charge < -0.3 is 0 Å². The Labute approximate surface area is 154 Å². The number of nitrogens with one attached hydrogen (secondary N) is 2. The Kier molecular flexibility index (Phi) is 5.06. The number of rotatable bonds is 4. The van der Waals surface area contributed by atoms with Gasteiger partial charge in [0, 0.05) is 5.56 Å². The molecule has 1 aromatic heterocycles. The molecular formula is C20H12FN5O. The highest BCUT2D eigenvalue weighted by molar-refractivity contribution is 5.80. The van der Waals surface area contributed by atoms with E-state index in [1.54, 1.807) is 24.3 Å². The highest BCUT2D eigenvalue weighted by Gasteiger charge is 2.12. The number of halogens is 1. The maximum absolute atomic E-state index is 13.4. The average Bonchev–Trinajstić information content (AvgIpc) is 2.69. The number of nitrogens with zero attached hydrogens (tertiary/aromatic N) is 3. The van der Waals surface area contributed by atoms with Crippen LogP contribution in [0.2, 0.25) is 0 Å². The number of anilines is 1. The number of hydrazone groups is 1. The zero-order chi connectivity index (χ0) is 19.2. The second-order valence-electron chi connectivity index (χ2n) is 5.37. The fraction of sp³-hybridized carbons (Fsp3) is 0. The fourth-order valence-corrected chi connectivity index (χ4v) is 2.34. The molecule has 0 fully saturated rings. The van der Waals surface area contributed by atoms with Crippen molar-refractivity contribution in [3.05, 3.63) is 81.4 Å². The van der Waals surface area contributed by atoms with Crippen molar-refractivity contribution in [1.82, 2.24) is 9.97 Å². The van der Waals surface area contributed by atoms with Gasteiger partial charge in [-0.1, -0.05) is 42.3 Å². The van der Waals surface area contributed by atoms with Crippen LogP contribution in [0.1, 0.15) is 16.7 Å². The molecule has 0 aliphatic rings. The van der Waals surface area contributed by atoms with Gasteiger partial charge in [0.15, 0.2) is 0 Å². The second-order valence-corrected chi connectivity index (χ2v) is 5.37. The van der Waals surface area contributed by atoms with Crippen LogP contribution in [0.3, 0.4) is 0 Å². The van der Waals surface area contributed by atoms with Crippen LogP contribution in [0.5, 0.6) is 0 Å². The summed E-state index contributed by atoms with van der Waals surface area (Å²) in [5.41, 5.74) is 3.48. The van der Waals surface area contributed by atoms with Gasteiger partial charge in [-0.3, -0.25) is 9.78 Å². The summed E-state index contributed by atoms with van der Waals surface area (Å²) in [6, 6.07) is 14.9. The van der Waals surface area contributed by atoms with Crippen LogP contribution in [-0.2, 0) is 0 Å². The summed E-state index contributed by atoms with van der Waals surface area (Å²) >= 11 is 0. The van der Waals surface area contributed by atoms with Crippen LogP contribution < -0.4 is 11.0 Å². The number of nitriles is 1. The molecule has 0 amide bonds. The number of aromatic amines is 1. The lowest BCUT2D eigenvalue weighted by Crippen LogP contribution is -2.16. The molecule has 0 radical (unpaired) electrons. The van der Waals surface area contributed by atoms with E-state index in [9.17, 15) is 14.4 Å². The lowest BCUT2D eigenvalue weighted by atomic mass is 10.1. The summed E-state index contributed by atoms with van der Waals surface area (Å²) in [7, 11) is 0. The number of terminal acetylenes is 1. The Balaban J connectivity index is 1.90. The number of aromatic nitrogens is 2. The number of hydrogen-bond donors (Lipinski definition) is 2. The van der Waals surface area contributed by atoms with E-state index < -0.39 is 11.4 Å². The van der Waals surface area contributed by atoms with E-state index in [1.807, 2.05) is 12.1 Å². The van der Waals surface area contributed by atoms with Crippen LogP contribution in [0.15, 0.2) is 58.4 Å². The van der Waals surface area contributed by atoms with Crippen molar-refractivity contribution < 1.29 is 4.39 Å². The summed E-state index contributed by atoms with van der Waals surface area (Å²) < 4.78 is 13.4. The van der Waals surface area contributed by atoms with Crippen molar-refractivity contribution in [2.24, 2.45) is 5.10 Å². The first-order valence-corrected chi connectivity index (χ1v) is 7.77. The summed E-state index contributed by atoms with van der Waals surface area (Å²) in [5.74, 6) is 1.81. The quantitative estimate of drug-likeness (QED) is 0.426. The van der Waals surface area contributed by atoms with Gasteiger partial charge in [-0.25, -0.2) is 14.8 Å². The zero-order valence-electron chi connectivity index (χ0n) is 13.9. The number of hydrogen-bond acceptors (Lipinski definition) is 5. The van der Waals surface area contributed by atoms with Gasteiger partial charge in [-0.2, -0.15) is 10.4 Å². The molecule has 0 unspecified atom stereocenters. The van der Waals surface area contributed by atoms with Gasteiger partial charge in [0.25, 0.3) is 5.56 Å². The third-order valence-corrected chi connectivity index (χ3v) is 3.61. The van der Waals surface area contributed by atoms with E-state index in [-0.39, 0.29) is 22.8 Å². The topological polar surface area (TPSA) is 93.9 Å². The molecule has 0 atom stereocenters. The Hall–Kier alpha value is -4.23. The predicted octanol–water partition coefficient (Wildman–Crippen LogP) is 2.87. The van der Waals surface area contributed by atoms with E-state index >= 15 is 0 Å². The van der Waals surface area contributed by atoms with E-state index in [0.29, 0.717) is 11.1 Å². The van der Waals surface area contributed by atoms with Gasteiger partial charge in [0.1, 0.15) is 17.4 Å². The highest BCUT2D eigenvalue weighted by Crippen LogP contribution is 2.19. The van der Waals surface area contributed by atoms with Gasteiger partial charge >= 0.3 is 0 Å².